The number of aromatic nitrogens is 2. The molecule has 0 radical (unpaired) electrons. The van der Waals surface area contributed by atoms with Crippen LogP contribution in [-0.4, -0.2) is 24.4 Å². The van der Waals surface area contributed by atoms with Crippen molar-refractivity contribution in [2.45, 2.75) is 6.54 Å². The Morgan fingerprint density at radius 1 is 1.28 bits per heavy atom. The van der Waals surface area contributed by atoms with E-state index in [4.69, 9.17) is 9.47 Å². The lowest BCUT2D eigenvalue weighted by atomic mass is 10.2. The third-order valence-corrected chi connectivity index (χ3v) is 3.27. The van der Waals surface area contributed by atoms with Crippen molar-refractivity contribution >= 4 is 21.6 Å². The molecule has 2 N–H and O–H groups in total. The number of hydrogen-bond acceptors (Lipinski definition) is 4. The molecule has 0 unspecified atom stereocenters. The highest BCUT2D eigenvalue weighted by atomic mass is 79.9. The molecule has 96 valence electrons. The summed E-state index contributed by atoms with van der Waals surface area (Å²) in [6, 6.07) is 3.83. The first-order valence-electron chi connectivity index (χ1n) is 5.37. The fourth-order valence-corrected chi connectivity index (χ4v) is 2.04. The van der Waals surface area contributed by atoms with E-state index in [0.717, 1.165) is 15.7 Å². The minimum atomic E-state index is 0.667. The van der Waals surface area contributed by atoms with Crippen LogP contribution in [0.4, 0.5) is 5.69 Å². The fourth-order valence-electron chi connectivity index (χ4n) is 1.58. The smallest absolute Gasteiger partial charge is 0.161 e. The van der Waals surface area contributed by atoms with Gasteiger partial charge in [0, 0.05) is 17.2 Å². The molecule has 18 heavy (non-hydrogen) atoms. The van der Waals surface area contributed by atoms with E-state index < -0.39 is 0 Å². The summed E-state index contributed by atoms with van der Waals surface area (Å²) in [6.07, 6.45) is 3.53. The zero-order valence-corrected chi connectivity index (χ0v) is 11.7. The summed E-state index contributed by atoms with van der Waals surface area (Å²) in [4.78, 5) is 0. The molecule has 0 fully saturated rings. The topological polar surface area (TPSA) is 59.2 Å². The van der Waals surface area contributed by atoms with Crippen molar-refractivity contribution in [3.63, 3.8) is 0 Å². The number of aromatic amines is 1. The monoisotopic (exact) mass is 311 g/mol. The van der Waals surface area contributed by atoms with E-state index in [1.54, 1.807) is 26.6 Å². The number of anilines is 1. The number of nitrogens with zero attached hydrogens (tertiary/aromatic N) is 1. The highest BCUT2D eigenvalue weighted by Gasteiger charge is 2.09. The largest absolute Gasteiger partial charge is 0.493 e. The van der Waals surface area contributed by atoms with E-state index in [1.807, 2.05) is 12.1 Å². The quantitative estimate of drug-likeness (QED) is 0.891. The number of benzene rings is 1. The van der Waals surface area contributed by atoms with Crippen molar-refractivity contribution in [2.75, 3.05) is 19.5 Å². The molecule has 0 atom stereocenters. The molecule has 0 aliphatic heterocycles. The SMILES string of the molecule is COc1cc(Br)c(CNc2cn[nH]c2)cc1OC. The molecule has 0 aliphatic carbocycles. The maximum absolute atomic E-state index is 5.28. The summed E-state index contributed by atoms with van der Waals surface area (Å²) in [5.74, 6) is 1.42. The zero-order valence-electron chi connectivity index (χ0n) is 10.2. The van der Waals surface area contributed by atoms with Crippen molar-refractivity contribution in [3.8, 4) is 11.5 Å². The molecule has 2 rings (SSSR count). The van der Waals surface area contributed by atoms with Crippen LogP contribution in [0.25, 0.3) is 0 Å². The molecule has 0 bridgehead atoms. The minimum absolute atomic E-state index is 0.667. The number of methoxy groups -OCH3 is 2. The molecule has 5 nitrogen and oxygen atoms in total. The number of halogens is 1. The third-order valence-electron chi connectivity index (χ3n) is 2.53. The van der Waals surface area contributed by atoms with E-state index in [2.05, 4.69) is 31.4 Å². The Morgan fingerprint density at radius 3 is 2.61 bits per heavy atom. The number of ether oxygens (including phenoxy) is 2. The summed E-state index contributed by atoms with van der Waals surface area (Å²) in [5.41, 5.74) is 2.02. The Morgan fingerprint density at radius 2 is 2.00 bits per heavy atom. The third kappa shape index (κ3) is 2.76. The van der Waals surface area contributed by atoms with Gasteiger partial charge in [0.25, 0.3) is 0 Å². The average Bonchev–Trinajstić information content (AvgIpc) is 2.90. The van der Waals surface area contributed by atoms with Crippen molar-refractivity contribution < 1.29 is 9.47 Å². The maximum atomic E-state index is 5.28. The zero-order chi connectivity index (χ0) is 13.0. The van der Waals surface area contributed by atoms with Gasteiger partial charge in [-0.25, -0.2) is 0 Å². The van der Waals surface area contributed by atoms with Gasteiger partial charge in [-0.15, -0.1) is 0 Å². The van der Waals surface area contributed by atoms with E-state index in [0.29, 0.717) is 18.0 Å². The van der Waals surface area contributed by atoms with Gasteiger partial charge < -0.3 is 14.8 Å². The first kappa shape index (κ1) is 12.8. The molecule has 1 aromatic carbocycles. The van der Waals surface area contributed by atoms with Gasteiger partial charge in [0.05, 0.1) is 26.1 Å². The van der Waals surface area contributed by atoms with Gasteiger partial charge in [0.1, 0.15) is 0 Å². The normalized spacial score (nSPS) is 10.2. The second-order valence-corrected chi connectivity index (χ2v) is 4.49. The van der Waals surface area contributed by atoms with Crippen LogP contribution in [0, 0.1) is 0 Å². The Hall–Kier alpha value is -1.69. The molecule has 1 heterocycles. The molecule has 0 aliphatic rings. The van der Waals surface area contributed by atoms with Crippen molar-refractivity contribution in [1.82, 2.24) is 10.2 Å². The molecule has 6 heteroatoms. The van der Waals surface area contributed by atoms with Crippen LogP contribution in [0.5, 0.6) is 11.5 Å². The highest BCUT2D eigenvalue weighted by molar-refractivity contribution is 9.10. The van der Waals surface area contributed by atoms with Crippen molar-refractivity contribution in [3.05, 3.63) is 34.6 Å². The van der Waals surface area contributed by atoms with E-state index in [-0.39, 0.29) is 0 Å². The maximum Gasteiger partial charge on any atom is 0.161 e. The van der Waals surface area contributed by atoms with Gasteiger partial charge in [-0.2, -0.15) is 5.10 Å². The molecular weight excluding hydrogens is 298 g/mol. The van der Waals surface area contributed by atoms with Crippen LogP contribution < -0.4 is 14.8 Å². The fraction of sp³-hybridized carbons (Fsp3) is 0.250. The molecule has 0 amide bonds. The van der Waals surface area contributed by atoms with E-state index in [1.165, 1.54) is 0 Å². The molecular formula is C12H14BrN3O2. The Kier molecular flexibility index (Phi) is 4.09. The number of nitrogens with one attached hydrogen (secondary N) is 2. The number of rotatable bonds is 5. The van der Waals surface area contributed by atoms with Gasteiger partial charge in [-0.3, -0.25) is 5.10 Å². The Labute approximate surface area is 114 Å². The molecule has 2 aromatic rings. The lowest BCUT2D eigenvalue weighted by Crippen LogP contribution is -2.01. The summed E-state index contributed by atoms with van der Waals surface area (Å²) >= 11 is 3.52. The van der Waals surface area contributed by atoms with Gasteiger partial charge >= 0.3 is 0 Å². The lowest BCUT2D eigenvalue weighted by molar-refractivity contribution is 0.354. The molecule has 0 spiro atoms. The second kappa shape index (κ2) is 5.77. The van der Waals surface area contributed by atoms with Crippen molar-refractivity contribution in [1.29, 1.82) is 0 Å². The van der Waals surface area contributed by atoms with Crippen LogP contribution in [-0.2, 0) is 6.54 Å². The van der Waals surface area contributed by atoms with Gasteiger partial charge in [0.15, 0.2) is 11.5 Å². The molecule has 1 aromatic heterocycles. The summed E-state index contributed by atoms with van der Waals surface area (Å²) in [6.45, 7) is 0.667. The van der Waals surface area contributed by atoms with Crippen LogP contribution >= 0.6 is 15.9 Å². The number of hydrogen-bond donors (Lipinski definition) is 2. The first-order valence-corrected chi connectivity index (χ1v) is 6.17. The van der Waals surface area contributed by atoms with Crippen LogP contribution in [0.3, 0.4) is 0 Å². The predicted molar refractivity (Wildman–Crippen MR) is 73.2 cm³/mol. The molecule has 0 saturated carbocycles. The Bertz CT molecular complexity index is 514. The summed E-state index contributed by atoms with van der Waals surface area (Å²) < 4.78 is 11.5. The predicted octanol–water partition coefficient (Wildman–Crippen LogP) is 2.80. The molecule has 0 saturated heterocycles. The first-order chi connectivity index (χ1) is 8.74. The van der Waals surface area contributed by atoms with Gasteiger partial charge in [-0.1, -0.05) is 15.9 Å². The average molecular weight is 312 g/mol. The number of H-pyrrole nitrogens is 1. The second-order valence-electron chi connectivity index (χ2n) is 3.64. The highest BCUT2D eigenvalue weighted by Crippen LogP contribution is 2.33. The van der Waals surface area contributed by atoms with E-state index in [9.17, 15) is 0 Å². The van der Waals surface area contributed by atoms with Gasteiger partial charge in [0.2, 0.25) is 0 Å². The van der Waals surface area contributed by atoms with Crippen LogP contribution in [0.2, 0.25) is 0 Å². The van der Waals surface area contributed by atoms with E-state index >= 15 is 0 Å². The van der Waals surface area contributed by atoms with Crippen LogP contribution in [0.1, 0.15) is 5.56 Å². The minimum Gasteiger partial charge on any atom is -0.493 e. The lowest BCUT2D eigenvalue weighted by Gasteiger charge is -2.12. The Balaban J connectivity index is 2.17. The summed E-state index contributed by atoms with van der Waals surface area (Å²) in [7, 11) is 3.24. The summed E-state index contributed by atoms with van der Waals surface area (Å²) in [5, 5.41) is 9.88. The standard InChI is InChI=1S/C12H14BrN3O2/c1-17-11-3-8(10(13)4-12(11)18-2)5-14-9-6-15-16-7-9/h3-4,6-7,14H,5H2,1-2H3,(H,15,16). The van der Waals surface area contributed by atoms with Crippen LogP contribution in [0.15, 0.2) is 29.0 Å². The van der Waals surface area contributed by atoms with Gasteiger partial charge in [-0.05, 0) is 17.7 Å². The van der Waals surface area contributed by atoms with Crippen molar-refractivity contribution in [2.24, 2.45) is 0 Å².